The lowest BCUT2D eigenvalue weighted by Crippen LogP contribution is -2.54. The number of aliphatic hydroxyl groups excluding tert-OH is 1. The predicted octanol–water partition coefficient (Wildman–Crippen LogP) is 6.92. The van der Waals surface area contributed by atoms with Gasteiger partial charge in [-0.25, -0.2) is 0 Å². The highest BCUT2D eigenvalue weighted by Gasteiger charge is 2.60. The van der Waals surface area contributed by atoms with Crippen LogP contribution in [0.3, 0.4) is 0 Å². The van der Waals surface area contributed by atoms with Gasteiger partial charge in [-0.3, -0.25) is 4.79 Å². The van der Waals surface area contributed by atoms with Gasteiger partial charge in [0.05, 0.1) is 0 Å². The number of aliphatic hydroxyl groups is 1. The molecule has 0 bridgehead atoms. The van der Waals surface area contributed by atoms with E-state index in [1.807, 2.05) is 0 Å². The van der Waals surface area contributed by atoms with Crippen LogP contribution in [0.2, 0.25) is 0 Å². The molecule has 6 heteroatoms. The highest BCUT2D eigenvalue weighted by Crippen LogP contribution is 2.68. The molecule has 190 valence electrons. The second kappa shape index (κ2) is 9.02. The van der Waals surface area contributed by atoms with Crippen LogP contribution in [0.1, 0.15) is 98.3 Å². The number of alkyl halides is 3. The van der Waals surface area contributed by atoms with E-state index in [1.54, 1.807) is 0 Å². The Morgan fingerprint density at radius 1 is 1.00 bits per heavy atom. The Hall–Kier alpha value is -0.780. The molecule has 0 aliphatic heterocycles. The van der Waals surface area contributed by atoms with Crippen LogP contribution in [-0.4, -0.2) is 29.5 Å². The molecule has 0 amide bonds. The molecule has 0 saturated heterocycles. The van der Waals surface area contributed by atoms with Gasteiger partial charge in [-0.05, 0) is 117 Å². The Morgan fingerprint density at radius 3 is 2.33 bits per heavy atom. The minimum atomic E-state index is -4.51. The van der Waals surface area contributed by atoms with E-state index in [9.17, 15) is 23.1 Å². The Labute approximate surface area is 197 Å². The number of hydrogen-bond donors (Lipinski definition) is 1. The molecule has 0 aromatic carbocycles. The standard InChI is InChI=1S/C27H43F3O3/c1-16(5-10-24(32)27(28,29)30)21-8-9-22-20-7-6-18-15-19(33-17(2)31)11-13-25(18,3)23(20)12-14-26(21,22)4/h16,18-24,32H,5-15H2,1-4H3/t16?,18-,19+,20+,21?,22+,23+,24?,25+,26-/m1/s1. The smallest absolute Gasteiger partial charge is 0.414 e. The summed E-state index contributed by atoms with van der Waals surface area (Å²) in [4.78, 5) is 11.5. The summed E-state index contributed by atoms with van der Waals surface area (Å²) in [6.07, 6.45) is 3.89. The number of carbonyl (C=O) groups excluding carboxylic acids is 1. The molecule has 33 heavy (non-hydrogen) atoms. The molecule has 0 aromatic rings. The number of ether oxygens (including phenoxy) is 1. The molecule has 4 aliphatic rings. The monoisotopic (exact) mass is 472 g/mol. The molecular formula is C27H43F3O3. The van der Waals surface area contributed by atoms with Crippen molar-refractivity contribution >= 4 is 5.97 Å². The third-order valence-electron chi connectivity index (χ3n) is 11.0. The van der Waals surface area contributed by atoms with E-state index in [4.69, 9.17) is 4.74 Å². The van der Waals surface area contributed by atoms with Gasteiger partial charge < -0.3 is 9.84 Å². The lowest BCUT2D eigenvalue weighted by Gasteiger charge is -2.61. The van der Waals surface area contributed by atoms with Gasteiger partial charge in [-0.2, -0.15) is 13.2 Å². The lowest BCUT2D eigenvalue weighted by molar-refractivity contribution is -0.206. The van der Waals surface area contributed by atoms with E-state index in [-0.39, 0.29) is 29.8 Å². The van der Waals surface area contributed by atoms with E-state index in [0.29, 0.717) is 41.4 Å². The summed E-state index contributed by atoms with van der Waals surface area (Å²) < 4.78 is 44.0. The number of fused-ring (bicyclic) bond motifs is 5. The van der Waals surface area contributed by atoms with Crippen molar-refractivity contribution in [3.8, 4) is 0 Å². The second-order valence-electron chi connectivity index (χ2n) is 12.5. The van der Waals surface area contributed by atoms with Gasteiger partial charge in [0.25, 0.3) is 0 Å². The first-order chi connectivity index (χ1) is 15.4. The SMILES string of the molecule is CC(=O)O[C@H]1CC[C@@]2(C)[C@H](CC[C@@H]3[C@@H]2CC[C@]2(C)C(C(C)CCC(O)C(F)(F)F)CC[C@@H]32)C1. The first kappa shape index (κ1) is 25.3. The molecular weight excluding hydrogens is 429 g/mol. The molecule has 4 rings (SSSR count). The summed E-state index contributed by atoms with van der Waals surface area (Å²) in [5.74, 6) is 3.22. The third-order valence-corrected chi connectivity index (χ3v) is 11.0. The van der Waals surface area contributed by atoms with Gasteiger partial charge in [-0.1, -0.05) is 20.8 Å². The quantitative estimate of drug-likeness (QED) is 0.442. The van der Waals surface area contributed by atoms with Crippen LogP contribution in [0.4, 0.5) is 13.2 Å². The Bertz CT molecular complexity index is 724. The molecule has 3 unspecified atom stereocenters. The maximum Gasteiger partial charge on any atom is 0.414 e. The average Bonchev–Trinajstić information content (AvgIpc) is 3.08. The van der Waals surface area contributed by atoms with Crippen molar-refractivity contribution < 1.29 is 27.8 Å². The van der Waals surface area contributed by atoms with Gasteiger partial charge in [0.1, 0.15) is 12.2 Å². The number of halogens is 3. The zero-order valence-electron chi connectivity index (χ0n) is 20.8. The van der Waals surface area contributed by atoms with E-state index >= 15 is 0 Å². The van der Waals surface area contributed by atoms with Crippen molar-refractivity contribution in [3.63, 3.8) is 0 Å². The van der Waals surface area contributed by atoms with Crippen molar-refractivity contribution in [1.29, 1.82) is 0 Å². The van der Waals surface area contributed by atoms with Crippen molar-refractivity contribution in [2.24, 2.45) is 46.3 Å². The summed E-state index contributed by atoms with van der Waals surface area (Å²) in [5.41, 5.74) is 0.531. The van der Waals surface area contributed by atoms with Crippen LogP contribution in [-0.2, 0) is 9.53 Å². The third kappa shape index (κ3) is 4.59. The van der Waals surface area contributed by atoms with Crippen molar-refractivity contribution in [2.75, 3.05) is 0 Å². The van der Waals surface area contributed by atoms with Gasteiger partial charge in [0.2, 0.25) is 0 Å². The van der Waals surface area contributed by atoms with Gasteiger partial charge in [-0.15, -0.1) is 0 Å². The second-order valence-corrected chi connectivity index (χ2v) is 12.5. The zero-order chi connectivity index (χ0) is 24.2. The van der Waals surface area contributed by atoms with Crippen molar-refractivity contribution in [2.45, 2.75) is 117 Å². The Kier molecular flexibility index (Phi) is 6.92. The van der Waals surface area contributed by atoms with Crippen LogP contribution in [0.5, 0.6) is 0 Å². The molecule has 4 saturated carbocycles. The normalized spacial score (nSPS) is 44.8. The van der Waals surface area contributed by atoms with E-state index in [1.165, 1.54) is 39.0 Å². The summed E-state index contributed by atoms with van der Waals surface area (Å²) in [7, 11) is 0. The van der Waals surface area contributed by atoms with Crippen LogP contribution in [0.25, 0.3) is 0 Å². The van der Waals surface area contributed by atoms with Crippen LogP contribution < -0.4 is 0 Å². The van der Waals surface area contributed by atoms with E-state index in [2.05, 4.69) is 20.8 Å². The molecule has 3 nitrogen and oxygen atoms in total. The van der Waals surface area contributed by atoms with E-state index in [0.717, 1.165) is 25.7 Å². The molecule has 0 spiro atoms. The van der Waals surface area contributed by atoms with Crippen molar-refractivity contribution in [1.82, 2.24) is 0 Å². The Morgan fingerprint density at radius 2 is 1.67 bits per heavy atom. The molecule has 10 atom stereocenters. The molecule has 4 fully saturated rings. The molecule has 0 aromatic heterocycles. The molecule has 0 heterocycles. The molecule has 0 radical (unpaired) electrons. The topological polar surface area (TPSA) is 46.5 Å². The number of hydrogen-bond acceptors (Lipinski definition) is 3. The average molecular weight is 473 g/mol. The fraction of sp³-hybridized carbons (Fsp3) is 0.963. The largest absolute Gasteiger partial charge is 0.463 e. The number of esters is 1. The first-order valence-corrected chi connectivity index (χ1v) is 13.3. The number of rotatable bonds is 5. The summed E-state index contributed by atoms with van der Waals surface area (Å²) in [6.45, 7) is 8.54. The lowest BCUT2D eigenvalue weighted by atomic mass is 9.44. The highest BCUT2D eigenvalue weighted by atomic mass is 19.4. The summed E-state index contributed by atoms with van der Waals surface area (Å²) in [6, 6.07) is 0. The van der Waals surface area contributed by atoms with Crippen LogP contribution in [0, 0.1) is 46.3 Å². The number of carbonyl (C=O) groups is 1. The first-order valence-electron chi connectivity index (χ1n) is 13.3. The molecule has 4 aliphatic carbocycles. The molecule has 1 N–H and O–H groups in total. The minimum absolute atomic E-state index is 0.0785. The summed E-state index contributed by atoms with van der Waals surface area (Å²) >= 11 is 0. The highest BCUT2D eigenvalue weighted by molar-refractivity contribution is 5.66. The zero-order valence-corrected chi connectivity index (χ0v) is 20.8. The van der Waals surface area contributed by atoms with Gasteiger partial charge in [0, 0.05) is 6.92 Å². The Balaban J connectivity index is 1.42. The minimum Gasteiger partial charge on any atom is -0.463 e. The van der Waals surface area contributed by atoms with E-state index < -0.39 is 12.3 Å². The van der Waals surface area contributed by atoms with Gasteiger partial charge >= 0.3 is 12.1 Å². The van der Waals surface area contributed by atoms with Crippen LogP contribution >= 0.6 is 0 Å². The fourth-order valence-electron chi connectivity index (χ4n) is 9.32. The maximum absolute atomic E-state index is 12.8. The maximum atomic E-state index is 12.8. The summed E-state index contributed by atoms with van der Waals surface area (Å²) in [5, 5.41) is 9.48. The van der Waals surface area contributed by atoms with Gasteiger partial charge in [0.15, 0.2) is 0 Å². The van der Waals surface area contributed by atoms with Crippen molar-refractivity contribution in [3.05, 3.63) is 0 Å². The predicted molar refractivity (Wildman–Crippen MR) is 121 cm³/mol. The van der Waals surface area contributed by atoms with Crippen LogP contribution in [0.15, 0.2) is 0 Å². The fourth-order valence-corrected chi connectivity index (χ4v) is 9.32.